The van der Waals surface area contributed by atoms with Crippen LogP contribution in [-0.2, 0) is 6.18 Å². The van der Waals surface area contributed by atoms with Crippen molar-refractivity contribution in [1.82, 2.24) is 0 Å². The maximum absolute atomic E-state index is 12.8. The molecule has 0 aliphatic rings. The molecule has 0 aliphatic heterocycles. The number of halogens is 3. The minimum atomic E-state index is -4.32. The number of methoxy groups -OCH3 is 1. The van der Waals surface area contributed by atoms with Crippen LogP contribution >= 0.6 is 22.7 Å². The van der Waals surface area contributed by atoms with Crippen LogP contribution in [0.1, 0.15) is 5.56 Å². The fourth-order valence-corrected chi connectivity index (χ4v) is 5.80. The average molecular weight is 493 g/mol. The Bertz CT molecular complexity index is 1390. The molecule has 0 spiro atoms. The standard InChI is InChI=1S/C28H19F3OS2/c1-32-23-12-8-19(9-13-23)18-2-4-20(5-3-18)24-14-16-26(33-24)27-17-15-25(34-27)21-6-10-22(11-7-21)28(29,30)31/h2-17H,1H3. The number of benzene rings is 3. The molecule has 2 aromatic heterocycles. The third-order valence-corrected chi connectivity index (χ3v) is 8.01. The minimum absolute atomic E-state index is 0.631. The van der Waals surface area contributed by atoms with E-state index in [9.17, 15) is 13.2 Å². The van der Waals surface area contributed by atoms with Gasteiger partial charge in [0.2, 0.25) is 0 Å². The summed E-state index contributed by atoms with van der Waals surface area (Å²) in [6.07, 6.45) is -4.32. The summed E-state index contributed by atoms with van der Waals surface area (Å²) >= 11 is 3.29. The monoisotopic (exact) mass is 492 g/mol. The van der Waals surface area contributed by atoms with E-state index in [4.69, 9.17) is 4.74 Å². The Morgan fingerprint density at radius 2 is 0.882 bits per heavy atom. The van der Waals surface area contributed by atoms with E-state index in [1.807, 2.05) is 36.4 Å². The molecule has 5 aromatic rings. The lowest BCUT2D eigenvalue weighted by atomic mass is 10.0. The zero-order chi connectivity index (χ0) is 23.7. The molecule has 0 bridgehead atoms. The lowest BCUT2D eigenvalue weighted by molar-refractivity contribution is -0.137. The molecule has 6 heteroatoms. The molecule has 0 saturated carbocycles. The summed E-state index contributed by atoms with van der Waals surface area (Å²) in [4.78, 5) is 4.35. The molecule has 0 aliphatic carbocycles. The first-order valence-corrected chi connectivity index (χ1v) is 12.2. The van der Waals surface area contributed by atoms with Crippen molar-refractivity contribution in [1.29, 1.82) is 0 Å². The van der Waals surface area contributed by atoms with Crippen LogP contribution in [0, 0.1) is 0 Å². The molecular weight excluding hydrogens is 473 g/mol. The highest BCUT2D eigenvalue weighted by Gasteiger charge is 2.30. The third-order valence-electron chi connectivity index (χ3n) is 5.54. The number of hydrogen-bond donors (Lipinski definition) is 0. The Morgan fingerprint density at radius 1 is 0.500 bits per heavy atom. The maximum atomic E-state index is 12.8. The summed E-state index contributed by atoms with van der Waals surface area (Å²) < 4.78 is 43.7. The predicted octanol–water partition coefficient (Wildman–Crippen LogP) is 9.50. The molecule has 0 unspecified atom stereocenters. The van der Waals surface area contributed by atoms with Crippen LogP contribution in [0.3, 0.4) is 0 Å². The van der Waals surface area contributed by atoms with Gasteiger partial charge >= 0.3 is 6.18 Å². The van der Waals surface area contributed by atoms with Gasteiger partial charge in [-0.25, -0.2) is 0 Å². The van der Waals surface area contributed by atoms with E-state index in [-0.39, 0.29) is 0 Å². The highest BCUT2D eigenvalue weighted by atomic mass is 32.1. The van der Waals surface area contributed by atoms with Gasteiger partial charge in [-0.2, -0.15) is 13.2 Å². The molecule has 2 heterocycles. The van der Waals surface area contributed by atoms with Crippen molar-refractivity contribution in [3.8, 4) is 47.5 Å². The van der Waals surface area contributed by atoms with Gasteiger partial charge in [-0.15, -0.1) is 22.7 Å². The molecule has 0 atom stereocenters. The van der Waals surface area contributed by atoms with Gasteiger partial charge in [-0.05, 0) is 70.8 Å². The van der Waals surface area contributed by atoms with Gasteiger partial charge in [0.1, 0.15) is 5.75 Å². The van der Waals surface area contributed by atoms with Gasteiger partial charge in [0.05, 0.1) is 12.7 Å². The molecule has 0 fully saturated rings. The van der Waals surface area contributed by atoms with Crippen LogP contribution in [0.15, 0.2) is 97.1 Å². The molecule has 3 aromatic carbocycles. The van der Waals surface area contributed by atoms with Crippen LogP contribution < -0.4 is 4.74 Å². The summed E-state index contributed by atoms with van der Waals surface area (Å²) in [6.45, 7) is 0. The number of rotatable bonds is 5. The van der Waals surface area contributed by atoms with E-state index < -0.39 is 11.7 Å². The molecule has 0 radical (unpaired) electrons. The predicted molar refractivity (Wildman–Crippen MR) is 135 cm³/mol. The van der Waals surface area contributed by atoms with Crippen molar-refractivity contribution in [2.24, 2.45) is 0 Å². The smallest absolute Gasteiger partial charge is 0.416 e. The Kier molecular flexibility index (Phi) is 6.02. The van der Waals surface area contributed by atoms with Crippen LogP contribution in [0.25, 0.3) is 41.8 Å². The quantitative estimate of drug-likeness (QED) is 0.237. The van der Waals surface area contributed by atoms with Crippen LogP contribution in [0.2, 0.25) is 0 Å². The molecule has 170 valence electrons. The van der Waals surface area contributed by atoms with Gasteiger partial charge in [-0.1, -0.05) is 48.5 Å². The van der Waals surface area contributed by atoms with Gasteiger partial charge < -0.3 is 4.74 Å². The van der Waals surface area contributed by atoms with Crippen molar-refractivity contribution in [3.63, 3.8) is 0 Å². The number of ether oxygens (including phenoxy) is 1. The van der Waals surface area contributed by atoms with Crippen molar-refractivity contribution >= 4 is 22.7 Å². The van der Waals surface area contributed by atoms with E-state index in [2.05, 4.69) is 36.4 Å². The topological polar surface area (TPSA) is 9.23 Å². The van der Waals surface area contributed by atoms with Gasteiger partial charge in [0.25, 0.3) is 0 Å². The summed E-state index contributed by atoms with van der Waals surface area (Å²) in [6, 6.07) is 30.0. The molecule has 5 rings (SSSR count). The van der Waals surface area contributed by atoms with Crippen molar-refractivity contribution < 1.29 is 17.9 Å². The van der Waals surface area contributed by atoms with Crippen molar-refractivity contribution in [2.75, 3.05) is 7.11 Å². The summed E-state index contributed by atoms with van der Waals surface area (Å²) in [7, 11) is 1.66. The summed E-state index contributed by atoms with van der Waals surface area (Å²) in [5.41, 5.74) is 3.58. The zero-order valence-electron chi connectivity index (χ0n) is 18.1. The molecule has 1 nitrogen and oxygen atoms in total. The second-order valence-corrected chi connectivity index (χ2v) is 9.88. The Balaban J connectivity index is 1.33. The van der Waals surface area contributed by atoms with E-state index in [1.54, 1.807) is 29.8 Å². The van der Waals surface area contributed by atoms with Crippen LogP contribution in [0.5, 0.6) is 5.75 Å². The summed E-state index contributed by atoms with van der Waals surface area (Å²) in [5.74, 6) is 0.835. The van der Waals surface area contributed by atoms with E-state index >= 15 is 0 Å². The Hall–Kier alpha value is -3.35. The van der Waals surface area contributed by atoms with Gasteiger partial charge in [0, 0.05) is 19.5 Å². The Morgan fingerprint density at radius 3 is 1.32 bits per heavy atom. The first kappa shape index (κ1) is 22.4. The SMILES string of the molecule is COc1ccc(-c2ccc(-c3ccc(-c4ccc(-c5ccc(C(F)(F)F)cc5)s4)s3)cc2)cc1. The highest BCUT2D eigenvalue weighted by Crippen LogP contribution is 2.41. The second-order valence-electron chi connectivity index (χ2n) is 7.71. The van der Waals surface area contributed by atoms with E-state index in [0.29, 0.717) is 0 Å². The fraction of sp³-hybridized carbons (Fsp3) is 0.0714. The van der Waals surface area contributed by atoms with Crippen molar-refractivity contribution in [2.45, 2.75) is 6.18 Å². The second kappa shape index (κ2) is 9.12. The molecule has 0 amide bonds. The molecule has 0 saturated heterocycles. The Labute approximate surface area is 203 Å². The van der Waals surface area contributed by atoms with Crippen molar-refractivity contribution in [3.05, 3.63) is 103 Å². The van der Waals surface area contributed by atoms with E-state index in [0.717, 1.165) is 54.8 Å². The van der Waals surface area contributed by atoms with Gasteiger partial charge in [-0.3, -0.25) is 0 Å². The molecule has 0 N–H and O–H groups in total. The zero-order valence-corrected chi connectivity index (χ0v) is 19.7. The molecular formula is C28H19F3OS2. The minimum Gasteiger partial charge on any atom is -0.497 e. The highest BCUT2D eigenvalue weighted by molar-refractivity contribution is 7.25. The summed E-state index contributed by atoms with van der Waals surface area (Å²) in [5, 5.41) is 0. The fourth-order valence-electron chi connectivity index (χ4n) is 3.68. The van der Waals surface area contributed by atoms with E-state index in [1.165, 1.54) is 17.0 Å². The lowest BCUT2D eigenvalue weighted by Gasteiger charge is -2.06. The first-order chi connectivity index (χ1) is 16.4. The third kappa shape index (κ3) is 4.65. The number of thiophene rings is 2. The van der Waals surface area contributed by atoms with Gasteiger partial charge in [0.15, 0.2) is 0 Å². The molecule has 34 heavy (non-hydrogen) atoms. The average Bonchev–Trinajstić information content (AvgIpc) is 3.54. The number of alkyl halides is 3. The lowest BCUT2D eigenvalue weighted by Crippen LogP contribution is -2.03. The number of hydrogen-bond acceptors (Lipinski definition) is 3. The van der Waals surface area contributed by atoms with Crippen LogP contribution in [-0.4, -0.2) is 7.11 Å². The maximum Gasteiger partial charge on any atom is 0.416 e. The van der Waals surface area contributed by atoms with Crippen LogP contribution in [0.4, 0.5) is 13.2 Å². The normalized spacial score (nSPS) is 11.5. The largest absolute Gasteiger partial charge is 0.497 e. The first-order valence-electron chi connectivity index (χ1n) is 10.5.